The lowest BCUT2D eigenvalue weighted by Crippen LogP contribution is -2.43. The van der Waals surface area contributed by atoms with Crippen LogP contribution in [0.4, 0.5) is 4.39 Å². The predicted molar refractivity (Wildman–Crippen MR) is 107 cm³/mol. The van der Waals surface area contributed by atoms with Crippen molar-refractivity contribution in [1.29, 1.82) is 0 Å². The molecule has 4 rings (SSSR count). The maximum atomic E-state index is 14.4. The van der Waals surface area contributed by atoms with Crippen LogP contribution in [0.15, 0.2) is 35.3 Å². The summed E-state index contributed by atoms with van der Waals surface area (Å²) in [4.78, 5) is 38.6. The van der Waals surface area contributed by atoms with Crippen molar-refractivity contribution >= 4 is 11.8 Å². The molecule has 2 saturated heterocycles. The van der Waals surface area contributed by atoms with E-state index < -0.39 is 23.2 Å². The van der Waals surface area contributed by atoms with Gasteiger partial charge < -0.3 is 20.1 Å². The fourth-order valence-electron chi connectivity index (χ4n) is 4.40. The van der Waals surface area contributed by atoms with Crippen LogP contribution in [0.2, 0.25) is 0 Å². The van der Waals surface area contributed by atoms with Gasteiger partial charge in [-0.05, 0) is 36.8 Å². The number of halogens is 1. The number of rotatable bonds is 4. The van der Waals surface area contributed by atoms with E-state index in [1.54, 1.807) is 4.90 Å². The first-order valence-electron chi connectivity index (χ1n) is 10.1. The van der Waals surface area contributed by atoms with Gasteiger partial charge in [-0.1, -0.05) is 0 Å². The average Bonchev–Trinajstić information content (AvgIpc) is 3.09. The topological polar surface area (TPSA) is 125 Å². The average molecular weight is 430 g/mol. The van der Waals surface area contributed by atoms with Gasteiger partial charge in [-0.2, -0.15) is 5.10 Å². The van der Waals surface area contributed by atoms with Gasteiger partial charge in [0.2, 0.25) is 0 Å². The standard InChI is InChI=1S/C21H23FN4O5/c22-17-8-15(27)1-2-16(17)20(30)26-12-21(3-5-31-6-4-21)9-14(26)11-23-19(29)13-7-18(28)25-24-10-13/h1-2,7-8,10,14,27H,3-6,9,11-12H2,(H,23,29)(H,25,28). The third-order valence-electron chi connectivity index (χ3n) is 6.04. The summed E-state index contributed by atoms with van der Waals surface area (Å²) < 4.78 is 19.8. The third kappa shape index (κ3) is 4.43. The molecule has 2 aromatic rings. The van der Waals surface area contributed by atoms with Crippen molar-refractivity contribution in [3.05, 3.63) is 57.8 Å². The first-order valence-corrected chi connectivity index (χ1v) is 10.1. The number of carbonyl (C=O) groups is 2. The fourth-order valence-corrected chi connectivity index (χ4v) is 4.40. The van der Waals surface area contributed by atoms with Crippen molar-refractivity contribution in [3.63, 3.8) is 0 Å². The molecule has 2 fully saturated rings. The Kier molecular flexibility index (Phi) is 5.73. The second-order valence-electron chi connectivity index (χ2n) is 8.11. The van der Waals surface area contributed by atoms with E-state index in [4.69, 9.17) is 4.74 Å². The molecule has 1 atom stereocenters. The van der Waals surface area contributed by atoms with Crippen LogP contribution < -0.4 is 10.9 Å². The number of amides is 2. The van der Waals surface area contributed by atoms with Crippen LogP contribution in [-0.4, -0.2) is 64.4 Å². The second-order valence-corrected chi connectivity index (χ2v) is 8.11. The van der Waals surface area contributed by atoms with E-state index in [1.165, 1.54) is 18.3 Å². The summed E-state index contributed by atoms with van der Waals surface area (Å²) in [6.45, 7) is 1.77. The van der Waals surface area contributed by atoms with E-state index in [2.05, 4.69) is 15.5 Å². The van der Waals surface area contributed by atoms with Gasteiger partial charge >= 0.3 is 0 Å². The molecule has 0 bridgehead atoms. The summed E-state index contributed by atoms with van der Waals surface area (Å²) in [5.41, 5.74) is -0.654. The molecule has 0 saturated carbocycles. The molecule has 164 valence electrons. The fraction of sp³-hybridized carbons (Fsp3) is 0.429. The molecule has 0 aliphatic carbocycles. The molecule has 9 nitrogen and oxygen atoms in total. The Morgan fingerprint density at radius 1 is 1.32 bits per heavy atom. The summed E-state index contributed by atoms with van der Waals surface area (Å²) in [6, 6.07) is 4.24. The predicted octanol–water partition coefficient (Wildman–Crippen LogP) is 1.06. The molecule has 2 amide bonds. The van der Waals surface area contributed by atoms with E-state index in [-0.39, 0.29) is 34.9 Å². The molecule has 1 aromatic carbocycles. The van der Waals surface area contributed by atoms with Crippen LogP contribution in [0, 0.1) is 11.2 Å². The van der Waals surface area contributed by atoms with E-state index in [0.29, 0.717) is 26.2 Å². The van der Waals surface area contributed by atoms with Crippen LogP contribution >= 0.6 is 0 Å². The minimum Gasteiger partial charge on any atom is -0.508 e. The summed E-state index contributed by atoms with van der Waals surface area (Å²) >= 11 is 0. The Morgan fingerprint density at radius 2 is 2.10 bits per heavy atom. The number of H-pyrrole nitrogens is 1. The lowest BCUT2D eigenvalue weighted by molar-refractivity contribution is 0.0189. The number of benzene rings is 1. The Balaban J connectivity index is 1.54. The number of nitrogens with one attached hydrogen (secondary N) is 2. The third-order valence-corrected chi connectivity index (χ3v) is 6.04. The minimum absolute atomic E-state index is 0.116. The molecule has 10 heteroatoms. The van der Waals surface area contributed by atoms with Gasteiger partial charge in [0.05, 0.1) is 17.3 Å². The van der Waals surface area contributed by atoms with E-state index in [1.807, 2.05) is 0 Å². The highest BCUT2D eigenvalue weighted by Crippen LogP contribution is 2.43. The van der Waals surface area contributed by atoms with Crippen LogP contribution in [0.25, 0.3) is 0 Å². The molecule has 1 aromatic heterocycles. The highest BCUT2D eigenvalue weighted by Gasteiger charge is 2.47. The maximum absolute atomic E-state index is 14.4. The zero-order chi connectivity index (χ0) is 22.0. The summed E-state index contributed by atoms with van der Waals surface area (Å²) in [6.07, 6.45) is 3.45. The molecule has 2 aliphatic rings. The first-order chi connectivity index (χ1) is 14.9. The Hall–Kier alpha value is -3.27. The van der Waals surface area contributed by atoms with E-state index >= 15 is 0 Å². The number of carbonyl (C=O) groups excluding carboxylic acids is 2. The lowest BCUT2D eigenvalue weighted by atomic mass is 9.78. The molecule has 1 spiro atoms. The van der Waals surface area contributed by atoms with Crippen molar-refractivity contribution in [2.75, 3.05) is 26.3 Å². The van der Waals surface area contributed by atoms with Crippen LogP contribution in [-0.2, 0) is 4.74 Å². The largest absolute Gasteiger partial charge is 0.508 e. The van der Waals surface area contributed by atoms with Gasteiger partial charge in [-0.3, -0.25) is 14.4 Å². The number of phenols is 1. The van der Waals surface area contributed by atoms with Crippen molar-refractivity contribution in [2.45, 2.75) is 25.3 Å². The molecule has 1 unspecified atom stereocenters. The van der Waals surface area contributed by atoms with Crippen molar-refractivity contribution in [2.24, 2.45) is 5.41 Å². The first kappa shape index (κ1) is 21.0. The lowest BCUT2D eigenvalue weighted by Gasteiger charge is -2.33. The highest BCUT2D eigenvalue weighted by atomic mass is 19.1. The monoisotopic (exact) mass is 430 g/mol. The van der Waals surface area contributed by atoms with Gasteiger partial charge in [0.25, 0.3) is 17.4 Å². The summed E-state index contributed by atoms with van der Waals surface area (Å²) in [5.74, 6) is -2.02. The molecule has 3 heterocycles. The Morgan fingerprint density at radius 3 is 2.81 bits per heavy atom. The van der Waals surface area contributed by atoms with E-state index in [0.717, 1.165) is 25.0 Å². The van der Waals surface area contributed by atoms with Gasteiger partial charge in [0.15, 0.2) is 0 Å². The van der Waals surface area contributed by atoms with Gasteiger partial charge in [0, 0.05) is 44.5 Å². The normalized spacial score (nSPS) is 20.0. The number of aromatic hydroxyl groups is 1. The number of hydrogen-bond donors (Lipinski definition) is 3. The quantitative estimate of drug-likeness (QED) is 0.666. The van der Waals surface area contributed by atoms with Gasteiger partial charge in [0.1, 0.15) is 11.6 Å². The zero-order valence-corrected chi connectivity index (χ0v) is 16.8. The van der Waals surface area contributed by atoms with E-state index in [9.17, 15) is 23.9 Å². The number of ether oxygens (including phenoxy) is 1. The van der Waals surface area contributed by atoms with Crippen LogP contribution in [0.5, 0.6) is 5.75 Å². The van der Waals surface area contributed by atoms with Crippen molar-refractivity contribution in [1.82, 2.24) is 20.4 Å². The molecule has 31 heavy (non-hydrogen) atoms. The highest BCUT2D eigenvalue weighted by molar-refractivity contribution is 5.95. The molecule has 2 aliphatic heterocycles. The maximum Gasteiger partial charge on any atom is 0.264 e. The number of hydrogen-bond acceptors (Lipinski definition) is 6. The SMILES string of the molecule is O=C(NCC1CC2(CCOCC2)CN1C(=O)c1ccc(O)cc1F)c1cn[nH]c(=O)c1. The number of nitrogens with zero attached hydrogens (tertiary/aromatic N) is 2. The van der Waals surface area contributed by atoms with Crippen LogP contribution in [0.3, 0.4) is 0 Å². The molecule has 0 radical (unpaired) electrons. The summed E-state index contributed by atoms with van der Waals surface area (Å²) in [7, 11) is 0. The van der Waals surface area contributed by atoms with Crippen molar-refractivity contribution in [3.8, 4) is 5.75 Å². The zero-order valence-electron chi connectivity index (χ0n) is 16.8. The number of aromatic amines is 1. The van der Waals surface area contributed by atoms with Gasteiger partial charge in [-0.15, -0.1) is 0 Å². The number of phenolic OH excluding ortho intramolecular Hbond substituents is 1. The Bertz CT molecular complexity index is 1050. The molecular formula is C21H23FN4O5. The smallest absolute Gasteiger partial charge is 0.264 e. The molecular weight excluding hydrogens is 407 g/mol. The number of aromatic nitrogens is 2. The van der Waals surface area contributed by atoms with Crippen LogP contribution in [0.1, 0.15) is 40.0 Å². The second kappa shape index (κ2) is 8.46. The van der Waals surface area contributed by atoms with Gasteiger partial charge in [-0.25, -0.2) is 9.49 Å². The number of likely N-dealkylation sites (tertiary alicyclic amines) is 1. The minimum atomic E-state index is -0.796. The summed E-state index contributed by atoms with van der Waals surface area (Å²) in [5, 5.41) is 18.0. The molecule has 3 N–H and O–H groups in total. The Labute approximate surface area is 177 Å². The van der Waals surface area contributed by atoms with Crippen molar-refractivity contribution < 1.29 is 23.8 Å².